The van der Waals surface area contributed by atoms with E-state index in [1.54, 1.807) is 0 Å². The van der Waals surface area contributed by atoms with E-state index in [1.807, 2.05) is 4.90 Å². The van der Waals surface area contributed by atoms with Crippen molar-refractivity contribution in [1.29, 1.82) is 0 Å². The smallest absolute Gasteiger partial charge is 0.223 e. The van der Waals surface area contributed by atoms with Crippen LogP contribution < -0.4 is 5.73 Å². The molecule has 3 nitrogen and oxygen atoms in total. The fourth-order valence-electron chi connectivity index (χ4n) is 2.92. The number of aryl methyl sites for hydroxylation is 2. The zero-order valence-electron chi connectivity index (χ0n) is 11.6. The Morgan fingerprint density at radius 2 is 1.95 bits per heavy atom. The molecule has 2 N–H and O–H groups in total. The van der Waals surface area contributed by atoms with Crippen LogP contribution in [-0.4, -0.2) is 29.4 Å². The van der Waals surface area contributed by atoms with Crippen LogP contribution in [0.25, 0.3) is 0 Å². The Balaban J connectivity index is 1.46. The van der Waals surface area contributed by atoms with E-state index in [2.05, 4.69) is 31.2 Å². The lowest BCUT2D eigenvalue weighted by atomic mass is 9.85. The van der Waals surface area contributed by atoms with Crippen LogP contribution in [0.2, 0.25) is 0 Å². The van der Waals surface area contributed by atoms with E-state index in [4.69, 9.17) is 5.73 Å². The highest BCUT2D eigenvalue weighted by molar-refractivity contribution is 5.77. The lowest BCUT2D eigenvalue weighted by Gasteiger charge is -2.48. The lowest BCUT2D eigenvalue weighted by molar-refractivity contribution is -0.139. The SMILES string of the molecule is Cc1ccc(CCC(=O)N2CC(N)(C3CC3)C2)cc1. The van der Waals surface area contributed by atoms with Gasteiger partial charge in [-0.2, -0.15) is 0 Å². The maximum absolute atomic E-state index is 12.1. The zero-order valence-corrected chi connectivity index (χ0v) is 11.6. The summed E-state index contributed by atoms with van der Waals surface area (Å²) in [6, 6.07) is 8.41. The summed E-state index contributed by atoms with van der Waals surface area (Å²) in [5.41, 5.74) is 8.71. The number of benzene rings is 1. The minimum atomic E-state index is -0.0560. The summed E-state index contributed by atoms with van der Waals surface area (Å²) in [6.45, 7) is 3.61. The van der Waals surface area contributed by atoms with Crippen LogP contribution in [0.15, 0.2) is 24.3 Å². The third-order valence-corrected chi connectivity index (χ3v) is 4.46. The van der Waals surface area contributed by atoms with E-state index >= 15 is 0 Å². The molecular weight excluding hydrogens is 236 g/mol. The molecule has 1 saturated carbocycles. The molecule has 2 aliphatic rings. The summed E-state index contributed by atoms with van der Waals surface area (Å²) >= 11 is 0. The molecule has 0 unspecified atom stereocenters. The monoisotopic (exact) mass is 258 g/mol. The van der Waals surface area contributed by atoms with Crippen molar-refractivity contribution >= 4 is 5.91 Å². The van der Waals surface area contributed by atoms with Crippen LogP contribution in [0.4, 0.5) is 0 Å². The van der Waals surface area contributed by atoms with Crippen molar-refractivity contribution in [2.45, 2.75) is 38.1 Å². The van der Waals surface area contributed by atoms with E-state index in [1.165, 1.54) is 24.0 Å². The van der Waals surface area contributed by atoms with Gasteiger partial charge >= 0.3 is 0 Å². The average molecular weight is 258 g/mol. The van der Waals surface area contributed by atoms with Gasteiger partial charge in [0.1, 0.15) is 0 Å². The third-order valence-electron chi connectivity index (χ3n) is 4.46. The minimum Gasteiger partial charge on any atom is -0.339 e. The van der Waals surface area contributed by atoms with Crippen molar-refractivity contribution in [3.8, 4) is 0 Å². The number of likely N-dealkylation sites (tertiary alicyclic amines) is 1. The van der Waals surface area contributed by atoms with Gasteiger partial charge in [0.2, 0.25) is 5.91 Å². The van der Waals surface area contributed by atoms with E-state index in [9.17, 15) is 4.79 Å². The van der Waals surface area contributed by atoms with Gasteiger partial charge in [-0.25, -0.2) is 0 Å². The quantitative estimate of drug-likeness (QED) is 0.896. The van der Waals surface area contributed by atoms with Gasteiger partial charge in [0.15, 0.2) is 0 Å². The Hall–Kier alpha value is -1.35. The zero-order chi connectivity index (χ0) is 13.5. The predicted molar refractivity (Wildman–Crippen MR) is 75.7 cm³/mol. The van der Waals surface area contributed by atoms with Crippen molar-refractivity contribution in [2.75, 3.05) is 13.1 Å². The van der Waals surface area contributed by atoms with Gasteiger partial charge in [0.25, 0.3) is 0 Å². The topological polar surface area (TPSA) is 46.3 Å². The molecule has 1 aliphatic carbocycles. The molecule has 1 saturated heterocycles. The molecule has 1 heterocycles. The number of hydrogen-bond donors (Lipinski definition) is 1. The first-order valence-electron chi connectivity index (χ1n) is 7.19. The van der Waals surface area contributed by atoms with Crippen LogP contribution in [0.5, 0.6) is 0 Å². The van der Waals surface area contributed by atoms with Crippen LogP contribution in [-0.2, 0) is 11.2 Å². The molecule has 19 heavy (non-hydrogen) atoms. The molecule has 3 heteroatoms. The normalized spacial score (nSPS) is 21.1. The molecule has 0 aromatic heterocycles. The van der Waals surface area contributed by atoms with Gasteiger partial charge in [-0.3, -0.25) is 4.79 Å². The Labute approximate surface area is 114 Å². The molecule has 102 valence electrons. The molecule has 1 aromatic carbocycles. The summed E-state index contributed by atoms with van der Waals surface area (Å²) in [6.07, 6.45) is 3.93. The molecule has 3 rings (SSSR count). The Kier molecular flexibility index (Phi) is 3.09. The van der Waals surface area contributed by atoms with Gasteiger partial charge < -0.3 is 10.6 Å². The highest BCUT2D eigenvalue weighted by atomic mass is 16.2. The Bertz CT molecular complexity index is 470. The van der Waals surface area contributed by atoms with Crippen LogP contribution >= 0.6 is 0 Å². The highest BCUT2D eigenvalue weighted by Crippen LogP contribution is 2.43. The fourth-order valence-corrected chi connectivity index (χ4v) is 2.92. The largest absolute Gasteiger partial charge is 0.339 e. The maximum Gasteiger partial charge on any atom is 0.223 e. The number of carbonyl (C=O) groups is 1. The van der Waals surface area contributed by atoms with Crippen molar-refractivity contribution in [3.05, 3.63) is 35.4 Å². The summed E-state index contributed by atoms with van der Waals surface area (Å²) in [5.74, 6) is 0.927. The first kappa shape index (κ1) is 12.7. The molecule has 0 spiro atoms. The van der Waals surface area contributed by atoms with Gasteiger partial charge in [-0.15, -0.1) is 0 Å². The van der Waals surface area contributed by atoms with Crippen molar-refractivity contribution < 1.29 is 4.79 Å². The van der Waals surface area contributed by atoms with E-state index in [-0.39, 0.29) is 11.4 Å². The summed E-state index contributed by atoms with van der Waals surface area (Å²) in [4.78, 5) is 14.0. The number of rotatable bonds is 4. The molecule has 1 aromatic rings. The molecule has 1 amide bonds. The number of carbonyl (C=O) groups excluding carboxylic acids is 1. The molecule has 0 radical (unpaired) electrons. The van der Waals surface area contributed by atoms with Gasteiger partial charge in [-0.05, 0) is 37.7 Å². The number of nitrogens with two attached hydrogens (primary N) is 1. The second-order valence-corrected chi connectivity index (χ2v) is 6.24. The summed E-state index contributed by atoms with van der Waals surface area (Å²) in [5, 5.41) is 0. The first-order chi connectivity index (χ1) is 9.07. The van der Waals surface area contributed by atoms with Gasteiger partial charge in [0, 0.05) is 19.5 Å². The number of hydrogen-bond acceptors (Lipinski definition) is 2. The van der Waals surface area contributed by atoms with Crippen LogP contribution in [0.1, 0.15) is 30.4 Å². The molecule has 0 atom stereocenters. The van der Waals surface area contributed by atoms with Crippen molar-refractivity contribution in [3.63, 3.8) is 0 Å². The predicted octanol–water partition coefficient (Wildman–Crippen LogP) is 1.88. The molecular formula is C16H22N2O. The van der Waals surface area contributed by atoms with Crippen LogP contribution in [0, 0.1) is 12.8 Å². The summed E-state index contributed by atoms with van der Waals surface area (Å²) < 4.78 is 0. The van der Waals surface area contributed by atoms with E-state index < -0.39 is 0 Å². The van der Waals surface area contributed by atoms with Crippen molar-refractivity contribution in [1.82, 2.24) is 4.90 Å². The minimum absolute atomic E-state index is 0.0560. The number of nitrogens with zero attached hydrogens (tertiary/aromatic N) is 1. The molecule has 2 fully saturated rings. The molecule has 1 aliphatic heterocycles. The second kappa shape index (κ2) is 4.64. The number of amides is 1. The Morgan fingerprint density at radius 3 is 2.53 bits per heavy atom. The first-order valence-corrected chi connectivity index (χ1v) is 7.19. The third kappa shape index (κ3) is 2.66. The average Bonchev–Trinajstić information content (AvgIpc) is 3.18. The standard InChI is InChI=1S/C16H22N2O/c1-12-2-4-13(5-3-12)6-9-15(19)18-10-16(17,11-18)14-7-8-14/h2-5,14H,6-11,17H2,1H3. The van der Waals surface area contributed by atoms with E-state index in [0.29, 0.717) is 12.3 Å². The second-order valence-electron chi connectivity index (χ2n) is 6.24. The van der Waals surface area contributed by atoms with Gasteiger partial charge in [0.05, 0.1) is 5.54 Å². The lowest BCUT2D eigenvalue weighted by Crippen LogP contribution is -2.69. The highest BCUT2D eigenvalue weighted by Gasteiger charge is 2.51. The van der Waals surface area contributed by atoms with Crippen LogP contribution in [0.3, 0.4) is 0 Å². The maximum atomic E-state index is 12.1. The van der Waals surface area contributed by atoms with E-state index in [0.717, 1.165) is 19.5 Å². The summed E-state index contributed by atoms with van der Waals surface area (Å²) in [7, 11) is 0. The van der Waals surface area contributed by atoms with Crippen molar-refractivity contribution in [2.24, 2.45) is 11.7 Å². The molecule has 0 bridgehead atoms. The van der Waals surface area contributed by atoms with Gasteiger partial charge in [-0.1, -0.05) is 29.8 Å². The fraction of sp³-hybridized carbons (Fsp3) is 0.562. The Morgan fingerprint density at radius 1 is 1.32 bits per heavy atom.